The van der Waals surface area contributed by atoms with E-state index in [2.05, 4.69) is 10.3 Å². The number of hydrogen-bond donors (Lipinski definition) is 3. The molecule has 5 atom stereocenters. The summed E-state index contributed by atoms with van der Waals surface area (Å²) in [4.78, 5) is -0.168. The highest BCUT2D eigenvalue weighted by Crippen LogP contribution is 2.40. The molecule has 14 heteroatoms. The van der Waals surface area contributed by atoms with Gasteiger partial charge in [-0.3, -0.25) is 0 Å². The first kappa shape index (κ1) is 24.8. The van der Waals surface area contributed by atoms with Crippen molar-refractivity contribution in [3.05, 3.63) is 64.6 Å². The average Bonchev–Trinajstić information content (AvgIpc) is 3.29. The SMILES string of the molecule is OCC1O[C@H](Sc2ccc(F)c(Cl)c2F)C(O)[C@@H](n2cc(-c3cc(F)c(F)c(F)c3)nn2)[C@H]1O. The molecule has 1 fully saturated rings. The molecule has 0 radical (unpaired) electrons. The van der Waals surface area contributed by atoms with E-state index in [1.165, 1.54) is 0 Å². The molecule has 0 saturated carbocycles. The zero-order chi connectivity index (χ0) is 24.7. The molecule has 1 aromatic heterocycles. The molecule has 34 heavy (non-hydrogen) atoms. The summed E-state index contributed by atoms with van der Waals surface area (Å²) in [5, 5.41) is 37.9. The van der Waals surface area contributed by atoms with Crippen LogP contribution in [0, 0.1) is 29.1 Å². The van der Waals surface area contributed by atoms with Gasteiger partial charge >= 0.3 is 0 Å². The van der Waals surface area contributed by atoms with E-state index in [-0.39, 0.29) is 16.2 Å². The van der Waals surface area contributed by atoms with Crippen LogP contribution in [0.5, 0.6) is 0 Å². The summed E-state index contributed by atoms with van der Waals surface area (Å²) >= 11 is 6.22. The largest absolute Gasteiger partial charge is 0.394 e. The Morgan fingerprint density at radius 1 is 1.00 bits per heavy atom. The van der Waals surface area contributed by atoms with Crippen molar-refractivity contribution in [2.45, 2.75) is 34.7 Å². The van der Waals surface area contributed by atoms with Gasteiger partial charge in [0.25, 0.3) is 0 Å². The molecule has 2 aromatic carbocycles. The van der Waals surface area contributed by atoms with Crippen LogP contribution in [-0.2, 0) is 4.74 Å². The van der Waals surface area contributed by atoms with E-state index in [9.17, 15) is 37.3 Å². The second-order valence-electron chi connectivity index (χ2n) is 7.33. The van der Waals surface area contributed by atoms with Crippen molar-refractivity contribution in [2.24, 2.45) is 0 Å². The number of aliphatic hydroxyl groups is 3. The second kappa shape index (κ2) is 9.76. The molecule has 7 nitrogen and oxygen atoms in total. The molecule has 0 aliphatic carbocycles. The van der Waals surface area contributed by atoms with Gasteiger partial charge in [0.15, 0.2) is 23.3 Å². The number of hydrogen-bond acceptors (Lipinski definition) is 7. The Balaban J connectivity index is 1.65. The fraction of sp³-hybridized carbons (Fsp3) is 0.300. The Kier molecular flexibility index (Phi) is 7.12. The quantitative estimate of drug-likeness (QED) is 0.349. The van der Waals surface area contributed by atoms with Crippen LogP contribution in [-0.4, -0.2) is 60.7 Å². The van der Waals surface area contributed by atoms with E-state index in [1.54, 1.807) is 0 Å². The van der Waals surface area contributed by atoms with Gasteiger partial charge < -0.3 is 20.1 Å². The Morgan fingerprint density at radius 3 is 2.32 bits per heavy atom. The summed E-state index contributed by atoms with van der Waals surface area (Å²) in [5.74, 6) is -6.64. The molecular formula is C20H15ClF5N3O4S. The fourth-order valence-corrected chi connectivity index (χ4v) is 4.78. The van der Waals surface area contributed by atoms with Crippen molar-refractivity contribution in [1.82, 2.24) is 15.0 Å². The van der Waals surface area contributed by atoms with Crippen LogP contribution in [0.3, 0.4) is 0 Å². The summed E-state index contributed by atoms with van der Waals surface area (Å²) in [7, 11) is 0. The molecule has 1 aliphatic heterocycles. The first-order valence-electron chi connectivity index (χ1n) is 9.61. The van der Waals surface area contributed by atoms with E-state index in [1.807, 2.05) is 0 Å². The lowest BCUT2D eigenvalue weighted by Gasteiger charge is -2.41. The van der Waals surface area contributed by atoms with Crippen molar-refractivity contribution < 1.29 is 42.0 Å². The number of ether oxygens (including phenoxy) is 1. The van der Waals surface area contributed by atoms with E-state index in [4.69, 9.17) is 16.3 Å². The number of aliphatic hydroxyl groups excluding tert-OH is 3. The van der Waals surface area contributed by atoms with Crippen LogP contribution >= 0.6 is 23.4 Å². The maximum atomic E-state index is 14.4. The van der Waals surface area contributed by atoms with Gasteiger partial charge in [0.05, 0.1) is 12.8 Å². The Hall–Kier alpha value is -2.29. The summed E-state index contributed by atoms with van der Waals surface area (Å²) < 4.78 is 74.7. The fourth-order valence-electron chi connectivity index (χ4n) is 3.46. The predicted octanol–water partition coefficient (Wildman–Crippen LogP) is 3.07. The third kappa shape index (κ3) is 4.51. The molecule has 0 spiro atoms. The van der Waals surface area contributed by atoms with E-state index >= 15 is 0 Å². The lowest BCUT2D eigenvalue weighted by Crippen LogP contribution is -2.55. The van der Waals surface area contributed by atoms with E-state index in [0.717, 1.165) is 23.0 Å². The van der Waals surface area contributed by atoms with Crippen molar-refractivity contribution >= 4 is 23.4 Å². The molecule has 0 amide bonds. The number of nitrogens with zero attached hydrogens (tertiary/aromatic N) is 3. The number of thioether (sulfide) groups is 1. The molecule has 4 rings (SSSR count). The van der Waals surface area contributed by atoms with Crippen molar-refractivity contribution in [1.29, 1.82) is 0 Å². The lowest BCUT2D eigenvalue weighted by atomic mass is 9.97. The number of benzene rings is 2. The molecule has 0 bridgehead atoms. The summed E-state index contributed by atoms with van der Waals surface area (Å²) in [6.45, 7) is -0.690. The Labute approximate surface area is 197 Å². The summed E-state index contributed by atoms with van der Waals surface area (Å²) in [6.07, 6.45) is -3.23. The van der Waals surface area contributed by atoms with Gasteiger partial charge in [0.2, 0.25) is 0 Å². The minimum Gasteiger partial charge on any atom is -0.394 e. The van der Waals surface area contributed by atoms with Crippen molar-refractivity contribution in [2.75, 3.05) is 6.61 Å². The normalized spacial score (nSPS) is 25.0. The molecule has 1 saturated heterocycles. The smallest absolute Gasteiger partial charge is 0.194 e. The first-order valence-corrected chi connectivity index (χ1v) is 10.9. The van der Waals surface area contributed by atoms with Crippen LogP contribution < -0.4 is 0 Å². The van der Waals surface area contributed by atoms with Gasteiger partial charge in [0, 0.05) is 10.5 Å². The molecule has 3 N–H and O–H groups in total. The molecule has 3 aromatic rings. The number of rotatable bonds is 5. The molecule has 2 unspecified atom stereocenters. The van der Waals surface area contributed by atoms with Gasteiger partial charge in [-0.2, -0.15) is 0 Å². The lowest BCUT2D eigenvalue weighted by molar-refractivity contribution is -0.178. The highest BCUT2D eigenvalue weighted by atomic mass is 35.5. The summed E-state index contributed by atoms with van der Waals surface area (Å²) in [5.41, 5.74) is -1.55. The highest BCUT2D eigenvalue weighted by Gasteiger charge is 2.46. The van der Waals surface area contributed by atoms with E-state index in [0.29, 0.717) is 23.9 Å². The minimum atomic E-state index is -1.66. The first-order chi connectivity index (χ1) is 16.1. The third-order valence-corrected chi connectivity index (χ3v) is 6.72. The van der Waals surface area contributed by atoms with Gasteiger partial charge in [-0.15, -0.1) is 5.10 Å². The van der Waals surface area contributed by atoms with Crippen molar-refractivity contribution in [3.8, 4) is 11.3 Å². The molecule has 1 aliphatic rings. The Morgan fingerprint density at radius 2 is 1.68 bits per heavy atom. The highest BCUT2D eigenvalue weighted by molar-refractivity contribution is 7.99. The monoisotopic (exact) mass is 523 g/mol. The minimum absolute atomic E-state index is 0.107. The zero-order valence-corrected chi connectivity index (χ0v) is 18.3. The topological polar surface area (TPSA) is 101 Å². The number of aromatic nitrogens is 3. The van der Waals surface area contributed by atoms with Crippen LogP contribution in [0.25, 0.3) is 11.3 Å². The average molecular weight is 524 g/mol. The summed E-state index contributed by atoms with van der Waals surface area (Å²) in [6, 6.07) is 2.08. The second-order valence-corrected chi connectivity index (χ2v) is 8.84. The van der Waals surface area contributed by atoms with Crippen LogP contribution in [0.1, 0.15) is 6.04 Å². The molecule has 2 heterocycles. The third-order valence-electron chi connectivity index (χ3n) is 5.19. The van der Waals surface area contributed by atoms with Gasteiger partial charge in [-0.25, -0.2) is 26.6 Å². The Bertz CT molecular complexity index is 1200. The van der Waals surface area contributed by atoms with Crippen LogP contribution in [0.15, 0.2) is 35.4 Å². The molecular weight excluding hydrogens is 509 g/mol. The van der Waals surface area contributed by atoms with Gasteiger partial charge in [0.1, 0.15) is 46.3 Å². The van der Waals surface area contributed by atoms with Crippen LogP contribution in [0.4, 0.5) is 22.0 Å². The standard InChI is InChI=1S/C20H15ClF5N3O4S/c21-14-8(22)1-2-13(16(14)26)34-20-19(32)17(18(31)12(6-30)33-20)29-5-11(27-28-29)7-3-9(23)15(25)10(24)4-7/h1-5,12,17-20,30-32H,6H2/t12?,17-,18-,19?,20+/m0/s1. The number of halogens is 6. The van der Waals surface area contributed by atoms with Gasteiger partial charge in [-0.1, -0.05) is 28.6 Å². The van der Waals surface area contributed by atoms with E-state index < -0.39 is 70.5 Å². The van der Waals surface area contributed by atoms with Crippen molar-refractivity contribution in [3.63, 3.8) is 0 Å². The maximum absolute atomic E-state index is 14.4. The van der Waals surface area contributed by atoms with Crippen LogP contribution in [0.2, 0.25) is 5.02 Å². The zero-order valence-electron chi connectivity index (χ0n) is 16.7. The maximum Gasteiger partial charge on any atom is 0.194 e. The molecule has 182 valence electrons. The predicted molar refractivity (Wildman–Crippen MR) is 109 cm³/mol. The van der Waals surface area contributed by atoms with Gasteiger partial charge in [-0.05, 0) is 24.3 Å².